The Morgan fingerprint density at radius 2 is 1.88 bits per heavy atom. The molecule has 0 spiro atoms. The number of carboxylic acids is 1. The summed E-state index contributed by atoms with van der Waals surface area (Å²) in [5.41, 5.74) is 3.86. The summed E-state index contributed by atoms with van der Waals surface area (Å²) in [6, 6.07) is 10.2. The van der Waals surface area contributed by atoms with Crippen LogP contribution in [0.15, 0.2) is 47.0 Å². The van der Waals surface area contributed by atoms with Gasteiger partial charge in [-0.05, 0) is 74.4 Å². The quantitative estimate of drug-likeness (QED) is 0.0946. The minimum absolute atomic E-state index is 0.129. The predicted octanol–water partition coefficient (Wildman–Crippen LogP) is 7.53. The number of aromatic nitrogens is 4. The van der Waals surface area contributed by atoms with Crippen molar-refractivity contribution >= 4 is 45.0 Å². The second kappa shape index (κ2) is 14.7. The van der Waals surface area contributed by atoms with Crippen molar-refractivity contribution in [3.8, 4) is 21.9 Å². The van der Waals surface area contributed by atoms with Crippen LogP contribution in [0, 0.1) is 12.7 Å². The Morgan fingerprint density at radius 1 is 1.15 bits per heavy atom. The number of carboxylic acid groups (broad SMARTS) is 1. The lowest BCUT2D eigenvalue weighted by Gasteiger charge is -2.22. The van der Waals surface area contributed by atoms with Crippen molar-refractivity contribution in [3.05, 3.63) is 82.0 Å². The van der Waals surface area contributed by atoms with Gasteiger partial charge in [0.05, 0.1) is 39.9 Å². The molecule has 1 fully saturated rings. The number of aliphatic carboxylic acids is 1. The molecule has 2 N–H and O–H groups in total. The Hall–Kier alpha value is -4.47. The SMILES string of the molecule is CCOC(=O)c1c([C@@H]2CCCN2)nc(CCc2ccc(F)cc2)c(-c2nnc(C)o2)c1-c1cc2ccnc(Cl)c2s1.O=C(O)C(F)(F)F. The van der Waals surface area contributed by atoms with Crippen LogP contribution in [-0.4, -0.2) is 56.5 Å². The van der Waals surface area contributed by atoms with E-state index in [0.29, 0.717) is 52.0 Å². The molecule has 0 saturated carbocycles. The summed E-state index contributed by atoms with van der Waals surface area (Å²) in [7, 11) is 0. The van der Waals surface area contributed by atoms with Gasteiger partial charge in [0.1, 0.15) is 11.0 Å². The lowest BCUT2D eigenvalue weighted by atomic mass is 9.91. The van der Waals surface area contributed by atoms with E-state index >= 15 is 0 Å². The molecule has 0 amide bonds. The largest absolute Gasteiger partial charge is 0.490 e. The predicted molar refractivity (Wildman–Crippen MR) is 169 cm³/mol. The van der Waals surface area contributed by atoms with E-state index in [1.54, 1.807) is 32.2 Å². The van der Waals surface area contributed by atoms with E-state index in [1.807, 2.05) is 12.1 Å². The molecule has 252 valence electrons. The highest BCUT2D eigenvalue weighted by Crippen LogP contribution is 2.46. The van der Waals surface area contributed by atoms with Crippen LogP contribution in [0.4, 0.5) is 17.6 Å². The lowest BCUT2D eigenvalue weighted by Crippen LogP contribution is -2.22. The second-order valence-corrected chi connectivity index (χ2v) is 12.0. The Bertz CT molecular complexity index is 1940. The van der Waals surface area contributed by atoms with Gasteiger partial charge < -0.3 is 19.6 Å². The monoisotopic (exact) mass is 705 g/mol. The van der Waals surface area contributed by atoms with Gasteiger partial charge in [-0.25, -0.2) is 19.0 Å². The first kappa shape index (κ1) is 34.9. The summed E-state index contributed by atoms with van der Waals surface area (Å²) < 4.78 is 57.7. The molecule has 0 aliphatic carbocycles. The number of halogens is 5. The number of hydrogen-bond donors (Lipinski definition) is 2. The smallest absolute Gasteiger partial charge is 0.475 e. The number of rotatable bonds is 8. The van der Waals surface area contributed by atoms with Crippen LogP contribution in [0.3, 0.4) is 0 Å². The van der Waals surface area contributed by atoms with Crippen molar-refractivity contribution in [2.24, 2.45) is 0 Å². The minimum Gasteiger partial charge on any atom is -0.475 e. The number of pyridine rings is 2. The maximum Gasteiger partial charge on any atom is 0.490 e. The number of ether oxygens (including phenoxy) is 1. The molecular formula is C32H28ClF4N5O5S. The number of thiophene rings is 1. The van der Waals surface area contributed by atoms with Gasteiger partial charge in [0.15, 0.2) is 0 Å². The lowest BCUT2D eigenvalue weighted by molar-refractivity contribution is -0.192. The number of carbonyl (C=O) groups excluding carboxylic acids is 1. The number of fused-ring (bicyclic) bond motifs is 1. The zero-order valence-corrected chi connectivity index (χ0v) is 27.1. The molecule has 16 heteroatoms. The third kappa shape index (κ3) is 7.80. The van der Waals surface area contributed by atoms with E-state index in [0.717, 1.165) is 39.9 Å². The number of benzene rings is 1. The first-order valence-corrected chi connectivity index (χ1v) is 15.9. The molecule has 1 aromatic carbocycles. The maximum absolute atomic E-state index is 13.8. The van der Waals surface area contributed by atoms with Crippen molar-refractivity contribution in [2.45, 2.75) is 51.7 Å². The van der Waals surface area contributed by atoms with E-state index in [1.165, 1.54) is 23.5 Å². The molecule has 1 saturated heterocycles. The molecule has 5 aromatic rings. The first-order chi connectivity index (χ1) is 22.9. The second-order valence-electron chi connectivity index (χ2n) is 10.6. The average molecular weight is 706 g/mol. The summed E-state index contributed by atoms with van der Waals surface area (Å²) in [4.78, 5) is 32.8. The van der Waals surface area contributed by atoms with Crippen molar-refractivity contribution < 1.29 is 41.4 Å². The van der Waals surface area contributed by atoms with Gasteiger partial charge in [-0.1, -0.05) is 23.7 Å². The van der Waals surface area contributed by atoms with Crippen LogP contribution >= 0.6 is 22.9 Å². The van der Waals surface area contributed by atoms with Crippen LogP contribution in [-0.2, 0) is 22.4 Å². The van der Waals surface area contributed by atoms with Crippen molar-refractivity contribution in [2.75, 3.05) is 13.2 Å². The van der Waals surface area contributed by atoms with Gasteiger partial charge >= 0.3 is 18.1 Å². The summed E-state index contributed by atoms with van der Waals surface area (Å²) >= 11 is 7.92. The zero-order valence-electron chi connectivity index (χ0n) is 25.5. The van der Waals surface area contributed by atoms with E-state index in [2.05, 4.69) is 20.5 Å². The Morgan fingerprint density at radius 3 is 2.46 bits per heavy atom. The molecule has 0 unspecified atom stereocenters. The molecular weight excluding hydrogens is 678 g/mol. The van der Waals surface area contributed by atoms with Gasteiger partial charge in [0.25, 0.3) is 0 Å². The highest BCUT2D eigenvalue weighted by atomic mass is 35.5. The Balaban J connectivity index is 0.000000582. The fourth-order valence-electron chi connectivity index (χ4n) is 5.26. The van der Waals surface area contributed by atoms with Crippen molar-refractivity contribution in [1.82, 2.24) is 25.5 Å². The summed E-state index contributed by atoms with van der Waals surface area (Å²) in [5, 5.41) is 20.4. The van der Waals surface area contributed by atoms with E-state index in [-0.39, 0.29) is 24.4 Å². The van der Waals surface area contributed by atoms with Gasteiger partial charge in [0, 0.05) is 23.6 Å². The number of aryl methyl sites for hydroxylation is 3. The van der Waals surface area contributed by atoms with E-state index in [9.17, 15) is 22.4 Å². The number of esters is 1. The summed E-state index contributed by atoms with van der Waals surface area (Å²) in [5.74, 6) is -2.87. The fraction of sp³-hybridized carbons (Fsp3) is 0.312. The van der Waals surface area contributed by atoms with Crippen LogP contribution in [0.5, 0.6) is 0 Å². The molecule has 1 aliphatic rings. The summed E-state index contributed by atoms with van der Waals surface area (Å²) in [6.07, 6.45) is -0.554. The molecule has 1 atom stereocenters. The topological polar surface area (TPSA) is 140 Å². The number of hydrogen-bond acceptors (Lipinski definition) is 10. The van der Waals surface area contributed by atoms with Gasteiger partial charge in [-0.3, -0.25) is 4.98 Å². The first-order valence-electron chi connectivity index (χ1n) is 14.7. The van der Waals surface area contributed by atoms with Crippen LogP contribution in [0.1, 0.15) is 59.0 Å². The highest BCUT2D eigenvalue weighted by Gasteiger charge is 2.38. The molecule has 10 nitrogen and oxygen atoms in total. The molecule has 5 heterocycles. The summed E-state index contributed by atoms with van der Waals surface area (Å²) in [6.45, 7) is 4.53. The number of carbonyl (C=O) groups is 2. The number of nitrogens with zero attached hydrogens (tertiary/aromatic N) is 4. The number of nitrogens with one attached hydrogen (secondary N) is 1. The van der Waals surface area contributed by atoms with E-state index in [4.69, 9.17) is 35.6 Å². The van der Waals surface area contributed by atoms with Gasteiger partial charge in [0.2, 0.25) is 11.8 Å². The van der Waals surface area contributed by atoms with Crippen LogP contribution in [0.2, 0.25) is 5.15 Å². The fourth-order valence-corrected chi connectivity index (χ4v) is 6.63. The Labute approximate surface area is 280 Å². The van der Waals surface area contributed by atoms with E-state index < -0.39 is 18.1 Å². The average Bonchev–Trinajstić information content (AvgIpc) is 3.82. The zero-order chi connectivity index (χ0) is 34.6. The molecule has 4 aromatic heterocycles. The van der Waals surface area contributed by atoms with Crippen molar-refractivity contribution in [3.63, 3.8) is 0 Å². The minimum atomic E-state index is -5.08. The van der Waals surface area contributed by atoms with Crippen LogP contribution in [0.25, 0.3) is 32.0 Å². The molecule has 6 rings (SSSR count). The maximum atomic E-state index is 13.8. The van der Waals surface area contributed by atoms with Gasteiger partial charge in [-0.2, -0.15) is 13.2 Å². The molecule has 0 bridgehead atoms. The number of alkyl halides is 3. The third-order valence-electron chi connectivity index (χ3n) is 7.35. The van der Waals surface area contributed by atoms with Crippen LogP contribution < -0.4 is 5.32 Å². The highest BCUT2D eigenvalue weighted by molar-refractivity contribution is 7.22. The standard InChI is InChI=1S/C30H27ClFN5O3S.C2HF3O2/c1-3-39-30(38)25-24(22-15-18-12-14-34-28(31)27(18)41-22)23(29-37-36-16(2)40-29)20(35-26(25)21-5-4-13-33-21)11-8-17-6-9-19(32)10-7-17;3-2(4,5)1(6)7/h6-7,9-10,12,14-15,21,33H,3-5,8,11,13H2,1-2H3;(H,6,7)/t21-;/m0./s1. The van der Waals surface area contributed by atoms with Gasteiger partial charge in [-0.15, -0.1) is 21.5 Å². The van der Waals surface area contributed by atoms with Crippen molar-refractivity contribution in [1.29, 1.82) is 0 Å². The molecule has 0 radical (unpaired) electrons. The molecule has 48 heavy (non-hydrogen) atoms. The molecule has 1 aliphatic heterocycles. The Kier molecular flexibility index (Phi) is 10.7. The third-order valence-corrected chi connectivity index (χ3v) is 8.93. The normalized spacial score (nSPS) is 14.5.